The number of aliphatic carboxylic acids is 1. The molecule has 1 aromatic carbocycles. The minimum Gasteiger partial charge on any atom is -0.481 e. The van der Waals surface area contributed by atoms with Crippen LogP contribution in [0.4, 0.5) is 0 Å². The molecule has 0 saturated heterocycles. The molecule has 0 aromatic heterocycles. The summed E-state index contributed by atoms with van der Waals surface area (Å²) in [5.74, 6) is -0.615. The second-order valence-corrected chi connectivity index (χ2v) is 6.67. The molecule has 0 bridgehead atoms. The van der Waals surface area contributed by atoms with Crippen LogP contribution in [0.25, 0.3) is 0 Å². The fraction of sp³-hybridized carbons (Fsp3) is 0.500. The molecule has 0 aliphatic heterocycles. The summed E-state index contributed by atoms with van der Waals surface area (Å²) in [6.45, 7) is 6.00. The number of thioether (sulfide) groups is 1. The van der Waals surface area contributed by atoms with Gasteiger partial charge in [0.2, 0.25) is 0 Å². The first-order valence-corrected chi connectivity index (χ1v) is 7.74. The Morgan fingerprint density at radius 1 is 1.10 bits per heavy atom. The quantitative estimate of drug-likeness (QED) is 0.821. The summed E-state index contributed by atoms with van der Waals surface area (Å²) in [5.41, 5.74) is 1.15. The Balaban J connectivity index is 2.63. The smallest absolute Gasteiger partial charge is 0.303 e. The Morgan fingerprint density at radius 3 is 2.20 bits per heavy atom. The zero-order valence-electron chi connectivity index (χ0n) is 12.2. The standard InChI is InChI=1S/C16H22O3S/c1-11(2)16(13-7-5-4-6-8-13)20-15(19)10-12(3)9-14(17)18/h4-8,11-12,16H,9-10H2,1-3H3,(H,17,18)/t12-,16+/m0/s1. The van der Waals surface area contributed by atoms with Gasteiger partial charge in [-0.1, -0.05) is 62.9 Å². The van der Waals surface area contributed by atoms with E-state index in [4.69, 9.17) is 5.11 Å². The van der Waals surface area contributed by atoms with Gasteiger partial charge in [-0.2, -0.15) is 0 Å². The van der Waals surface area contributed by atoms with Crippen molar-refractivity contribution < 1.29 is 14.7 Å². The predicted octanol–water partition coefficient (Wildman–Crippen LogP) is 4.14. The van der Waals surface area contributed by atoms with Gasteiger partial charge < -0.3 is 5.11 Å². The highest BCUT2D eigenvalue weighted by Gasteiger charge is 2.22. The van der Waals surface area contributed by atoms with Gasteiger partial charge in [0.15, 0.2) is 5.12 Å². The van der Waals surface area contributed by atoms with Crippen molar-refractivity contribution in [3.05, 3.63) is 35.9 Å². The summed E-state index contributed by atoms with van der Waals surface area (Å²) in [4.78, 5) is 22.7. The summed E-state index contributed by atoms with van der Waals surface area (Å²) in [6.07, 6.45) is 0.358. The van der Waals surface area contributed by atoms with Crippen LogP contribution in [0.5, 0.6) is 0 Å². The monoisotopic (exact) mass is 294 g/mol. The molecule has 0 aliphatic rings. The van der Waals surface area contributed by atoms with Crippen molar-refractivity contribution in [1.29, 1.82) is 0 Å². The minimum absolute atomic E-state index is 0.0456. The van der Waals surface area contributed by atoms with Gasteiger partial charge in [-0.3, -0.25) is 9.59 Å². The Hall–Kier alpha value is -1.29. The summed E-state index contributed by atoms with van der Waals surface area (Å²) in [6, 6.07) is 9.98. The highest BCUT2D eigenvalue weighted by Crippen LogP contribution is 2.37. The third-order valence-electron chi connectivity index (χ3n) is 3.03. The molecular formula is C16H22O3S. The van der Waals surface area contributed by atoms with E-state index >= 15 is 0 Å². The van der Waals surface area contributed by atoms with Gasteiger partial charge in [0.25, 0.3) is 0 Å². The summed E-state index contributed by atoms with van der Waals surface area (Å²) >= 11 is 1.33. The van der Waals surface area contributed by atoms with Crippen LogP contribution in [0, 0.1) is 11.8 Å². The average Bonchev–Trinajstić information content (AvgIpc) is 2.35. The van der Waals surface area contributed by atoms with Gasteiger partial charge in [-0.05, 0) is 17.4 Å². The molecule has 1 N–H and O–H groups in total. The molecule has 2 atom stereocenters. The van der Waals surface area contributed by atoms with Crippen molar-refractivity contribution in [2.75, 3.05) is 0 Å². The third kappa shape index (κ3) is 5.78. The Bertz CT molecular complexity index is 442. The molecular weight excluding hydrogens is 272 g/mol. The lowest BCUT2D eigenvalue weighted by Crippen LogP contribution is -2.11. The highest BCUT2D eigenvalue weighted by atomic mass is 32.2. The largest absolute Gasteiger partial charge is 0.481 e. The lowest BCUT2D eigenvalue weighted by Gasteiger charge is -2.20. The van der Waals surface area contributed by atoms with Crippen LogP contribution in [0.15, 0.2) is 30.3 Å². The normalized spacial score (nSPS) is 14.0. The van der Waals surface area contributed by atoms with Gasteiger partial charge in [-0.15, -0.1) is 0 Å². The maximum absolute atomic E-state index is 12.1. The summed E-state index contributed by atoms with van der Waals surface area (Å²) in [7, 11) is 0. The van der Waals surface area contributed by atoms with E-state index < -0.39 is 5.97 Å². The van der Waals surface area contributed by atoms with Crippen LogP contribution < -0.4 is 0 Å². The van der Waals surface area contributed by atoms with E-state index in [-0.39, 0.29) is 22.7 Å². The molecule has 3 nitrogen and oxygen atoms in total. The third-order valence-corrected chi connectivity index (χ3v) is 4.53. The first-order valence-electron chi connectivity index (χ1n) is 6.86. The van der Waals surface area contributed by atoms with E-state index in [1.54, 1.807) is 6.92 Å². The summed E-state index contributed by atoms with van der Waals surface area (Å²) < 4.78 is 0. The van der Waals surface area contributed by atoms with Crippen LogP contribution in [-0.2, 0) is 9.59 Å². The van der Waals surface area contributed by atoms with E-state index in [1.807, 2.05) is 30.3 Å². The van der Waals surface area contributed by atoms with Crippen molar-refractivity contribution >= 4 is 22.8 Å². The van der Waals surface area contributed by atoms with Crippen molar-refractivity contribution in [1.82, 2.24) is 0 Å². The Morgan fingerprint density at radius 2 is 1.70 bits per heavy atom. The molecule has 1 rings (SSSR count). The maximum atomic E-state index is 12.1. The predicted molar refractivity (Wildman–Crippen MR) is 82.7 cm³/mol. The Labute approximate surface area is 124 Å². The van der Waals surface area contributed by atoms with E-state index in [9.17, 15) is 9.59 Å². The molecule has 4 heteroatoms. The second kappa shape index (κ2) is 8.10. The van der Waals surface area contributed by atoms with Gasteiger partial charge in [0.05, 0.1) is 0 Å². The van der Waals surface area contributed by atoms with Crippen LogP contribution in [0.1, 0.15) is 44.4 Å². The fourth-order valence-electron chi connectivity index (χ4n) is 2.08. The zero-order chi connectivity index (χ0) is 15.1. The topological polar surface area (TPSA) is 54.4 Å². The van der Waals surface area contributed by atoms with E-state index in [1.165, 1.54) is 11.8 Å². The van der Waals surface area contributed by atoms with Crippen LogP contribution in [0.2, 0.25) is 0 Å². The molecule has 110 valence electrons. The molecule has 0 radical (unpaired) electrons. The number of hydrogen-bond donors (Lipinski definition) is 1. The van der Waals surface area contributed by atoms with Crippen molar-refractivity contribution in [2.45, 2.75) is 38.9 Å². The number of benzene rings is 1. The molecule has 1 aromatic rings. The first kappa shape index (κ1) is 16.8. The number of hydrogen-bond acceptors (Lipinski definition) is 3. The zero-order valence-corrected chi connectivity index (χ0v) is 13.0. The first-order chi connectivity index (χ1) is 9.40. The van der Waals surface area contributed by atoms with Crippen LogP contribution >= 0.6 is 11.8 Å². The van der Waals surface area contributed by atoms with Gasteiger partial charge in [0.1, 0.15) is 0 Å². The van der Waals surface area contributed by atoms with Crippen LogP contribution in [-0.4, -0.2) is 16.2 Å². The van der Waals surface area contributed by atoms with Crippen LogP contribution in [0.3, 0.4) is 0 Å². The molecule has 0 unspecified atom stereocenters. The van der Waals surface area contributed by atoms with E-state index in [2.05, 4.69) is 13.8 Å². The maximum Gasteiger partial charge on any atom is 0.303 e. The molecule has 0 spiro atoms. The lowest BCUT2D eigenvalue weighted by atomic mass is 10.0. The number of carboxylic acid groups (broad SMARTS) is 1. The van der Waals surface area contributed by atoms with Gasteiger partial charge in [0, 0.05) is 18.1 Å². The number of carbonyl (C=O) groups is 2. The lowest BCUT2D eigenvalue weighted by molar-refractivity contribution is -0.138. The van der Waals surface area contributed by atoms with Gasteiger partial charge in [-0.25, -0.2) is 0 Å². The number of carboxylic acids is 1. The van der Waals surface area contributed by atoms with Crippen molar-refractivity contribution in [3.63, 3.8) is 0 Å². The van der Waals surface area contributed by atoms with Crippen molar-refractivity contribution in [3.8, 4) is 0 Å². The summed E-state index contributed by atoms with van der Waals surface area (Å²) in [5, 5.41) is 8.92. The second-order valence-electron chi connectivity index (χ2n) is 5.47. The molecule has 0 aliphatic carbocycles. The average molecular weight is 294 g/mol. The van der Waals surface area contributed by atoms with E-state index in [0.29, 0.717) is 12.3 Å². The molecule has 0 saturated carbocycles. The Kier molecular flexibility index (Phi) is 6.79. The van der Waals surface area contributed by atoms with Gasteiger partial charge >= 0.3 is 5.97 Å². The minimum atomic E-state index is -0.848. The molecule has 20 heavy (non-hydrogen) atoms. The van der Waals surface area contributed by atoms with E-state index in [0.717, 1.165) is 5.56 Å². The number of rotatable bonds is 7. The molecule has 0 heterocycles. The highest BCUT2D eigenvalue weighted by molar-refractivity contribution is 8.13. The SMILES string of the molecule is CC(C)[C@@H](SC(=O)C[C@@H](C)CC(=O)O)c1ccccc1. The fourth-order valence-corrected chi connectivity index (χ4v) is 3.31. The molecule has 0 fully saturated rings. The van der Waals surface area contributed by atoms with Crippen molar-refractivity contribution in [2.24, 2.45) is 11.8 Å². The molecule has 0 amide bonds. The number of carbonyl (C=O) groups excluding carboxylic acids is 1.